The molecule has 0 unspecified atom stereocenters. The zero-order valence-corrected chi connectivity index (χ0v) is 19.2. The van der Waals surface area contributed by atoms with Gasteiger partial charge in [-0.25, -0.2) is 0 Å². The lowest BCUT2D eigenvalue weighted by molar-refractivity contribution is -0.127. The van der Waals surface area contributed by atoms with Gasteiger partial charge >= 0.3 is 0 Å². The maximum Gasteiger partial charge on any atom is 0.265 e. The summed E-state index contributed by atoms with van der Waals surface area (Å²) >= 11 is 0. The number of benzene rings is 2. The summed E-state index contributed by atoms with van der Waals surface area (Å²) in [5.41, 5.74) is 0.722. The lowest BCUT2D eigenvalue weighted by atomic mass is 10.1. The molecule has 0 aromatic heterocycles. The van der Waals surface area contributed by atoms with Gasteiger partial charge in [0, 0.05) is 24.8 Å². The van der Waals surface area contributed by atoms with E-state index in [1.54, 1.807) is 56.5 Å². The Morgan fingerprint density at radius 3 is 2.79 bits per heavy atom. The summed E-state index contributed by atoms with van der Waals surface area (Å²) in [6.45, 7) is 2.37. The minimum absolute atomic E-state index is 0.00219. The maximum atomic E-state index is 12.8. The molecule has 4 rings (SSSR count). The highest BCUT2D eigenvalue weighted by Gasteiger charge is 2.34. The Labute approximate surface area is 197 Å². The van der Waals surface area contributed by atoms with Crippen LogP contribution in [-0.2, 0) is 14.3 Å². The van der Waals surface area contributed by atoms with E-state index < -0.39 is 6.04 Å². The van der Waals surface area contributed by atoms with Gasteiger partial charge in [-0.2, -0.15) is 0 Å². The van der Waals surface area contributed by atoms with Crippen LogP contribution in [0.3, 0.4) is 0 Å². The SMILES string of the molecule is COc1cccc(OCC(=O)c2ccc3c(c2)N([C@@H](C)C(=O)NC[C@@H]2CCCO2)C(=O)CO3)c1. The van der Waals surface area contributed by atoms with Crippen molar-refractivity contribution in [3.05, 3.63) is 48.0 Å². The number of nitrogens with zero attached hydrogens (tertiary/aromatic N) is 1. The molecule has 180 valence electrons. The van der Waals surface area contributed by atoms with Crippen LogP contribution in [0.25, 0.3) is 0 Å². The second-order valence-electron chi connectivity index (χ2n) is 8.18. The Balaban J connectivity index is 1.46. The average Bonchev–Trinajstić information content (AvgIpc) is 3.39. The summed E-state index contributed by atoms with van der Waals surface area (Å²) in [5.74, 6) is 0.626. The molecule has 0 bridgehead atoms. The van der Waals surface area contributed by atoms with E-state index in [1.807, 2.05) is 0 Å². The zero-order chi connectivity index (χ0) is 24.1. The number of nitrogens with one attached hydrogen (secondary N) is 1. The van der Waals surface area contributed by atoms with Gasteiger partial charge in [-0.1, -0.05) is 6.07 Å². The standard InChI is InChI=1S/C25H28N2O7/c1-16(25(30)26-13-20-7-4-10-32-20)27-21-11-17(8-9-23(21)34-15-24(27)29)22(28)14-33-19-6-3-5-18(12-19)31-2/h3,5-6,8-9,11-12,16,20H,4,7,10,13-15H2,1-2H3,(H,26,30)/t16-,20-/m0/s1. The average molecular weight is 469 g/mol. The molecule has 2 amide bonds. The molecule has 2 aromatic carbocycles. The van der Waals surface area contributed by atoms with Gasteiger partial charge in [0.15, 0.2) is 19.0 Å². The van der Waals surface area contributed by atoms with Crippen molar-refractivity contribution in [2.24, 2.45) is 0 Å². The van der Waals surface area contributed by atoms with Gasteiger partial charge in [0.05, 0.1) is 18.9 Å². The summed E-state index contributed by atoms with van der Waals surface area (Å²) in [6.07, 6.45) is 1.87. The maximum absolute atomic E-state index is 12.8. The lowest BCUT2D eigenvalue weighted by Gasteiger charge is -2.33. The number of Topliss-reactive ketones (excluding diaryl/α,β-unsaturated/α-hetero) is 1. The van der Waals surface area contributed by atoms with E-state index in [4.69, 9.17) is 18.9 Å². The van der Waals surface area contributed by atoms with Gasteiger partial charge in [-0.15, -0.1) is 0 Å². The molecule has 34 heavy (non-hydrogen) atoms. The van der Waals surface area contributed by atoms with Gasteiger partial charge in [0.2, 0.25) is 5.91 Å². The molecule has 1 saturated heterocycles. The van der Waals surface area contributed by atoms with E-state index in [9.17, 15) is 14.4 Å². The number of carbonyl (C=O) groups excluding carboxylic acids is 3. The summed E-state index contributed by atoms with van der Waals surface area (Å²) in [6, 6.07) is 11.0. The van der Waals surface area contributed by atoms with E-state index in [0.717, 1.165) is 12.8 Å². The van der Waals surface area contributed by atoms with Crippen molar-refractivity contribution in [1.82, 2.24) is 5.32 Å². The van der Waals surface area contributed by atoms with Crippen LogP contribution < -0.4 is 24.4 Å². The molecule has 1 N–H and O–H groups in total. The number of ether oxygens (including phenoxy) is 4. The number of methoxy groups -OCH3 is 1. The Kier molecular flexibility index (Phi) is 7.32. The van der Waals surface area contributed by atoms with E-state index >= 15 is 0 Å². The highest BCUT2D eigenvalue weighted by molar-refractivity contribution is 6.05. The van der Waals surface area contributed by atoms with Crippen molar-refractivity contribution in [2.75, 3.05) is 38.4 Å². The van der Waals surface area contributed by atoms with Crippen LogP contribution in [0.4, 0.5) is 5.69 Å². The topological polar surface area (TPSA) is 103 Å². The van der Waals surface area contributed by atoms with Gasteiger partial charge < -0.3 is 24.3 Å². The Morgan fingerprint density at radius 2 is 2.03 bits per heavy atom. The first-order chi connectivity index (χ1) is 16.5. The fourth-order valence-corrected chi connectivity index (χ4v) is 3.98. The first-order valence-corrected chi connectivity index (χ1v) is 11.2. The molecule has 0 saturated carbocycles. The van der Waals surface area contributed by atoms with E-state index in [0.29, 0.717) is 41.7 Å². The fourth-order valence-electron chi connectivity index (χ4n) is 3.98. The minimum Gasteiger partial charge on any atom is -0.497 e. The molecule has 0 radical (unpaired) electrons. The van der Waals surface area contributed by atoms with Gasteiger partial charge in [0.1, 0.15) is 23.3 Å². The third-order valence-electron chi connectivity index (χ3n) is 5.87. The van der Waals surface area contributed by atoms with Crippen LogP contribution in [0.5, 0.6) is 17.2 Å². The van der Waals surface area contributed by atoms with Crippen molar-refractivity contribution < 1.29 is 33.3 Å². The number of ketones is 1. The van der Waals surface area contributed by atoms with E-state index in [1.165, 1.54) is 4.90 Å². The number of fused-ring (bicyclic) bond motifs is 1. The first kappa shape index (κ1) is 23.6. The van der Waals surface area contributed by atoms with Crippen molar-refractivity contribution in [1.29, 1.82) is 0 Å². The molecule has 1 fully saturated rings. The van der Waals surface area contributed by atoms with E-state index in [2.05, 4.69) is 5.32 Å². The molecule has 2 aliphatic rings. The Bertz CT molecular complexity index is 1060. The van der Waals surface area contributed by atoms with Crippen molar-refractivity contribution in [3.63, 3.8) is 0 Å². The van der Waals surface area contributed by atoms with Crippen LogP contribution in [0.1, 0.15) is 30.1 Å². The number of carbonyl (C=O) groups is 3. The molecule has 0 aliphatic carbocycles. The second-order valence-corrected chi connectivity index (χ2v) is 8.18. The normalized spacial score (nSPS) is 18.0. The summed E-state index contributed by atoms with van der Waals surface area (Å²) < 4.78 is 21.8. The lowest BCUT2D eigenvalue weighted by Crippen LogP contribution is -2.52. The predicted molar refractivity (Wildman–Crippen MR) is 124 cm³/mol. The number of hydrogen-bond acceptors (Lipinski definition) is 7. The van der Waals surface area contributed by atoms with E-state index in [-0.39, 0.29) is 36.9 Å². The van der Waals surface area contributed by atoms with Crippen molar-refractivity contribution in [2.45, 2.75) is 31.9 Å². The third kappa shape index (κ3) is 5.31. The molecule has 9 nitrogen and oxygen atoms in total. The molecule has 2 heterocycles. The predicted octanol–water partition coefficient (Wildman–Crippen LogP) is 2.37. The molecular weight excluding hydrogens is 440 g/mol. The molecular formula is C25H28N2O7. The van der Waals surface area contributed by atoms with Crippen LogP contribution in [0, 0.1) is 0 Å². The number of anilines is 1. The zero-order valence-electron chi connectivity index (χ0n) is 19.2. The van der Waals surface area contributed by atoms with Gasteiger partial charge in [-0.05, 0) is 50.1 Å². The van der Waals surface area contributed by atoms with Gasteiger partial charge in [-0.3, -0.25) is 19.3 Å². The largest absolute Gasteiger partial charge is 0.497 e. The van der Waals surface area contributed by atoms with Gasteiger partial charge in [0.25, 0.3) is 5.91 Å². The van der Waals surface area contributed by atoms with Crippen LogP contribution in [0.2, 0.25) is 0 Å². The summed E-state index contributed by atoms with van der Waals surface area (Å²) in [5, 5.41) is 2.86. The van der Waals surface area contributed by atoms with Crippen molar-refractivity contribution >= 4 is 23.3 Å². The third-order valence-corrected chi connectivity index (χ3v) is 5.87. The number of amides is 2. The molecule has 9 heteroatoms. The fraction of sp³-hybridized carbons (Fsp3) is 0.400. The molecule has 2 atom stereocenters. The van der Waals surface area contributed by atoms with Crippen LogP contribution in [0.15, 0.2) is 42.5 Å². The number of hydrogen-bond donors (Lipinski definition) is 1. The summed E-state index contributed by atoms with van der Waals surface area (Å²) in [4.78, 5) is 39.7. The first-order valence-electron chi connectivity index (χ1n) is 11.2. The number of rotatable bonds is 9. The smallest absolute Gasteiger partial charge is 0.265 e. The highest BCUT2D eigenvalue weighted by Crippen LogP contribution is 2.34. The van der Waals surface area contributed by atoms with Crippen LogP contribution >= 0.6 is 0 Å². The van der Waals surface area contributed by atoms with Crippen LogP contribution in [-0.4, -0.2) is 63.2 Å². The molecule has 0 spiro atoms. The molecule has 2 aliphatic heterocycles. The summed E-state index contributed by atoms with van der Waals surface area (Å²) in [7, 11) is 1.55. The van der Waals surface area contributed by atoms with Crippen molar-refractivity contribution in [3.8, 4) is 17.2 Å². The Morgan fingerprint density at radius 1 is 1.21 bits per heavy atom. The second kappa shape index (κ2) is 10.6. The minimum atomic E-state index is -0.782. The quantitative estimate of drug-likeness (QED) is 0.564. The highest BCUT2D eigenvalue weighted by atomic mass is 16.5. The monoisotopic (exact) mass is 468 g/mol. The molecule has 2 aromatic rings. The Hall–Kier alpha value is -3.59.